The normalized spacial score (nSPS) is 10.9. The number of nitrogens with one attached hydrogen (secondary N) is 1. The first kappa shape index (κ1) is 17.0. The molecule has 27 heavy (non-hydrogen) atoms. The van der Waals surface area contributed by atoms with Crippen LogP contribution in [0.4, 0.5) is 4.39 Å². The third-order valence-electron chi connectivity index (χ3n) is 4.28. The monoisotopic (exact) mass is 360 g/mol. The van der Waals surface area contributed by atoms with Crippen LogP contribution in [0, 0.1) is 12.7 Å². The van der Waals surface area contributed by atoms with Crippen molar-refractivity contribution in [1.29, 1.82) is 0 Å². The van der Waals surface area contributed by atoms with E-state index in [-0.39, 0.29) is 11.7 Å². The lowest BCUT2D eigenvalue weighted by Crippen LogP contribution is -2.22. The van der Waals surface area contributed by atoms with Crippen molar-refractivity contribution in [3.05, 3.63) is 89.2 Å². The van der Waals surface area contributed by atoms with Gasteiger partial charge in [-0.05, 0) is 61.0 Å². The van der Waals surface area contributed by atoms with Crippen molar-refractivity contribution in [2.75, 3.05) is 0 Å². The lowest BCUT2D eigenvalue weighted by Gasteiger charge is -2.06. The Balaban J connectivity index is 1.51. The zero-order valence-corrected chi connectivity index (χ0v) is 14.7. The number of benzene rings is 3. The van der Waals surface area contributed by atoms with Crippen LogP contribution in [0.3, 0.4) is 0 Å². The number of halogens is 1. The van der Waals surface area contributed by atoms with Crippen LogP contribution < -0.4 is 5.32 Å². The predicted octanol–water partition coefficient (Wildman–Crippen LogP) is 4.87. The van der Waals surface area contributed by atoms with Gasteiger partial charge in [-0.25, -0.2) is 9.37 Å². The summed E-state index contributed by atoms with van der Waals surface area (Å²) < 4.78 is 18.8. The molecular formula is C22H17FN2O2. The number of aromatic nitrogens is 1. The van der Waals surface area contributed by atoms with Crippen LogP contribution in [-0.4, -0.2) is 10.9 Å². The van der Waals surface area contributed by atoms with E-state index in [4.69, 9.17) is 4.42 Å². The van der Waals surface area contributed by atoms with Crippen molar-refractivity contribution in [3.8, 4) is 11.5 Å². The van der Waals surface area contributed by atoms with Crippen LogP contribution in [0.1, 0.15) is 21.5 Å². The Morgan fingerprint density at radius 2 is 1.89 bits per heavy atom. The third kappa shape index (κ3) is 3.72. The van der Waals surface area contributed by atoms with Gasteiger partial charge in [-0.3, -0.25) is 4.79 Å². The molecule has 0 spiro atoms. The van der Waals surface area contributed by atoms with Gasteiger partial charge in [0.15, 0.2) is 5.58 Å². The van der Waals surface area contributed by atoms with Gasteiger partial charge in [0.05, 0.1) is 0 Å². The van der Waals surface area contributed by atoms with Crippen LogP contribution in [0.25, 0.3) is 22.6 Å². The molecule has 1 aromatic heterocycles. The average Bonchev–Trinajstić information content (AvgIpc) is 3.10. The van der Waals surface area contributed by atoms with E-state index in [1.165, 1.54) is 12.1 Å². The van der Waals surface area contributed by atoms with Gasteiger partial charge >= 0.3 is 0 Å². The second-order valence-corrected chi connectivity index (χ2v) is 6.38. The zero-order chi connectivity index (χ0) is 18.8. The first-order valence-electron chi connectivity index (χ1n) is 8.59. The van der Waals surface area contributed by atoms with Crippen molar-refractivity contribution in [2.45, 2.75) is 13.5 Å². The summed E-state index contributed by atoms with van der Waals surface area (Å²) in [5, 5.41) is 2.91. The number of hydrogen-bond donors (Lipinski definition) is 1. The molecule has 5 heteroatoms. The van der Waals surface area contributed by atoms with Gasteiger partial charge in [0, 0.05) is 17.7 Å². The van der Waals surface area contributed by atoms with Crippen molar-refractivity contribution < 1.29 is 13.6 Å². The molecule has 0 unspecified atom stereocenters. The molecule has 4 nitrogen and oxygen atoms in total. The molecule has 0 radical (unpaired) electrons. The Bertz CT molecular complexity index is 1120. The van der Waals surface area contributed by atoms with Gasteiger partial charge in [0.1, 0.15) is 11.3 Å². The summed E-state index contributed by atoms with van der Waals surface area (Å²) in [6.07, 6.45) is 0. The molecule has 0 bridgehead atoms. The predicted molar refractivity (Wildman–Crippen MR) is 102 cm³/mol. The Hall–Kier alpha value is -3.47. The fourth-order valence-corrected chi connectivity index (χ4v) is 2.87. The maximum Gasteiger partial charge on any atom is 0.251 e. The molecule has 0 saturated carbocycles. The third-order valence-corrected chi connectivity index (χ3v) is 4.28. The fraction of sp³-hybridized carbons (Fsp3) is 0.0909. The minimum Gasteiger partial charge on any atom is -0.436 e. The van der Waals surface area contributed by atoms with Crippen LogP contribution in [0.2, 0.25) is 0 Å². The maximum atomic E-state index is 13.1. The molecule has 0 saturated heterocycles. The Kier molecular flexibility index (Phi) is 4.42. The van der Waals surface area contributed by atoms with Crippen molar-refractivity contribution in [3.63, 3.8) is 0 Å². The number of hydrogen-bond acceptors (Lipinski definition) is 3. The number of amides is 1. The standard InChI is InChI=1S/C22H17FN2O2/c1-14-3-2-4-17(11-14)21(26)24-13-15-5-10-20-19(12-15)25-22(27-20)16-6-8-18(23)9-7-16/h2-12H,13H2,1H3,(H,24,26). The van der Waals surface area contributed by atoms with E-state index >= 15 is 0 Å². The summed E-state index contributed by atoms with van der Waals surface area (Å²) in [5.74, 6) is 0.0124. The summed E-state index contributed by atoms with van der Waals surface area (Å²) in [6.45, 7) is 2.34. The van der Waals surface area contributed by atoms with Crippen LogP contribution in [0.5, 0.6) is 0 Å². The SMILES string of the molecule is Cc1cccc(C(=O)NCc2ccc3oc(-c4ccc(F)cc4)nc3c2)c1. The van der Waals surface area contributed by atoms with Crippen molar-refractivity contribution >= 4 is 17.0 Å². The highest BCUT2D eigenvalue weighted by Crippen LogP contribution is 2.25. The molecule has 3 aromatic carbocycles. The lowest BCUT2D eigenvalue weighted by atomic mass is 10.1. The summed E-state index contributed by atoms with van der Waals surface area (Å²) in [7, 11) is 0. The minimum absolute atomic E-state index is 0.119. The minimum atomic E-state index is -0.304. The quantitative estimate of drug-likeness (QED) is 0.565. The second-order valence-electron chi connectivity index (χ2n) is 6.38. The number of aryl methyl sites for hydroxylation is 1. The number of rotatable bonds is 4. The van der Waals surface area contributed by atoms with Crippen LogP contribution >= 0.6 is 0 Å². The largest absolute Gasteiger partial charge is 0.436 e. The fourth-order valence-electron chi connectivity index (χ4n) is 2.87. The molecule has 0 atom stereocenters. The summed E-state index contributed by atoms with van der Waals surface area (Å²) in [5.41, 5.74) is 4.64. The highest BCUT2D eigenvalue weighted by atomic mass is 19.1. The topological polar surface area (TPSA) is 55.1 Å². The summed E-state index contributed by atoms with van der Waals surface area (Å²) in [6, 6.07) is 19.0. The van der Waals surface area contributed by atoms with E-state index in [0.29, 0.717) is 34.7 Å². The van der Waals surface area contributed by atoms with E-state index < -0.39 is 0 Å². The van der Waals surface area contributed by atoms with Gasteiger partial charge < -0.3 is 9.73 Å². The molecule has 1 amide bonds. The van der Waals surface area contributed by atoms with Crippen LogP contribution in [0.15, 0.2) is 71.1 Å². The summed E-state index contributed by atoms with van der Waals surface area (Å²) in [4.78, 5) is 16.7. The molecule has 134 valence electrons. The average molecular weight is 360 g/mol. The summed E-state index contributed by atoms with van der Waals surface area (Å²) >= 11 is 0. The molecule has 0 fully saturated rings. The molecular weight excluding hydrogens is 343 g/mol. The van der Waals surface area contributed by atoms with Gasteiger partial charge in [-0.2, -0.15) is 0 Å². The zero-order valence-electron chi connectivity index (χ0n) is 14.7. The van der Waals surface area contributed by atoms with Crippen LogP contribution in [-0.2, 0) is 6.54 Å². The van der Waals surface area contributed by atoms with E-state index in [9.17, 15) is 9.18 Å². The lowest BCUT2D eigenvalue weighted by molar-refractivity contribution is 0.0951. The molecule has 0 aliphatic carbocycles. The molecule has 4 rings (SSSR count). The smallest absolute Gasteiger partial charge is 0.251 e. The van der Waals surface area contributed by atoms with Gasteiger partial charge in [-0.15, -0.1) is 0 Å². The van der Waals surface area contributed by atoms with E-state index in [0.717, 1.165) is 11.1 Å². The molecule has 0 aliphatic rings. The molecule has 1 N–H and O–H groups in total. The second kappa shape index (κ2) is 7.03. The maximum absolute atomic E-state index is 13.1. The number of oxazole rings is 1. The Labute approximate surface area is 155 Å². The number of fused-ring (bicyclic) bond motifs is 1. The van der Waals surface area contributed by atoms with Crippen molar-refractivity contribution in [2.24, 2.45) is 0 Å². The van der Waals surface area contributed by atoms with E-state index in [1.54, 1.807) is 18.2 Å². The first-order chi connectivity index (χ1) is 13.1. The van der Waals surface area contributed by atoms with Gasteiger partial charge in [-0.1, -0.05) is 23.8 Å². The first-order valence-corrected chi connectivity index (χ1v) is 8.59. The highest BCUT2D eigenvalue weighted by molar-refractivity contribution is 5.94. The Morgan fingerprint density at radius 3 is 2.67 bits per heavy atom. The van der Waals surface area contributed by atoms with Gasteiger partial charge in [0.25, 0.3) is 5.91 Å². The number of carbonyl (C=O) groups is 1. The number of nitrogens with zero attached hydrogens (tertiary/aromatic N) is 1. The van der Waals surface area contributed by atoms with E-state index in [2.05, 4.69) is 10.3 Å². The molecule has 1 heterocycles. The molecule has 4 aromatic rings. The van der Waals surface area contributed by atoms with E-state index in [1.807, 2.05) is 43.3 Å². The molecule has 0 aliphatic heterocycles. The van der Waals surface area contributed by atoms with Gasteiger partial charge in [0.2, 0.25) is 5.89 Å². The number of carbonyl (C=O) groups excluding carboxylic acids is 1. The Morgan fingerprint density at radius 1 is 1.07 bits per heavy atom. The van der Waals surface area contributed by atoms with Crippen molar-refractivity contribution in [1.82, 2.24) is 10.3 Å². The highest BCUT2D eigenvalue weighted by Gasteiger charge is 2.10.